The molecular formula is C16H23NO3. The van der Waals surface area contributed by atoms with Crippen LogP contribution in [0.4, 0.5) is 0 Å². The molecule has 2 aromatic heterocycles. The molecule has 2 heterocycles. The first-order valence-corrected chi connectivity index (χ1v) is 7.04. The quantitative estimate of drug-likeness (QED) is 0.800. The molecule has 0 bridgehead atoms. The number of aryl methyl sites for hydroxylation is 1. The van der Waals surface area contributed by atoms with Gasteiger partial charge in [0, 0.05) is 5.56 Å². The topological polar surface area (TPSA) is 47.5 Å². The molecule has 1 N–H and O–H groups in total. The molecule has 0 radical (unpaired) electrons. The van der Waals surface area contributed by atoms with Crippen molar-refractivity contribution >= 4 is 0 Å². The maximum atomic E-state index is 5.72. The van der Waals surface area contributed by atoms with Crippen molar-refractivity contribution in [2.45, 2.75) is 40.5 Å². The van der Waals surface area contributed by atoms with E-state index < -0.39 is 0 Å². The van der Waals surface area contributed by atoms with Crippen LogP contribution in [0.1, 0.15) is 36.7 Å². The Hall–Kier alpha value is -1.52. The molecule has 4 heteroatoms. The fraction of sp³-hybridized carbons (Fsp3) is 0.500. The third-order valence-corrected chi connectivity index (χ3v) is 3.01. The molecule has 2 rings (SSSR count). The van der Waals surface area contributed by atoms with Gasteiger partial charge >= 0.3 is 0 Å². The highest BCUT2D eigenvalue weighted by atomic mass is 16.5. The van der Waals surface area contributed by atoms with Crippen molar-refractivity contribution in [3.63, 3.8) is 0 Å². The van der Waals surface area contributed by atoms with Crippen LogP contribution in [-0.2, 0) is 24.5 Å². The van der Waals surface area contributed by atoms with Crippen LogP contribution >= 0.6 is 0 Å². The Balaban J connectivity index is 1.78. The Bertz CT molecular complexity index is 500. The number of hydrogen-bond acceptors (Lipinski definition) is 4. The Labute approximate surface area is 120 Å². The van der Waals surface area contributed by atoms with E-state index in [1.165, 1.54) is 0 Å². The second-order valence-electron chi connectivity index (χ2n) is 5.39. The zero-order chi connectivity index (χ0) is 14.4. The monoisotopic (exact) mass is 277 g/mol. The van der Waals surface area contributed by atoms with Crippen LogP contribution in [-0.4, -0.2) is 6.54 Å². The fourth-order valence-corrected chi connectivity index (χ4v) is 1.96. The summed E-state index contributed by atoms with van der Waals surface area (Å²) in [7, 11) is 0. The number of ether oxygens (including phenoxy) is 1. The lowest BCUT2D eigenvalue weighted by Gasteiger charge is -2.04. The SMILES string of the molecule is Cc1oc(CNCC(C)C)cc1COCc1ccco1. The normalized spacial score (nSPS) is 11.4. The third kappa shape index (κ3) is 4.54. The molecule has 20 heavy (non-hydrogen) atoms. The van der Waals surface area contributed by atoms with E-state index in [-0.39, 0.29) is 0 Å². The molecule has 0 aliphatic carbocycles. The average molecular weight is 277 g/mol. The maximum absolute atomic E-state index is 5.72. The molecule has 0 amide bonds. The summed E-state index contributed by atoms with van der Waals surface area (Å²) in [5.41, 5.74) is 1.10. The van der Waals surface area contributed by atoms with E-state index in [4.69, 9.17) is 13.6 Å². The van der Waals surface area contributed by atoms with Crippen LogP contribution in [0.25, 0.3) is 0 Å². The van der Waals surface area contributed by atoms with Crippen LogP contribution in [0.3, 0.4) is 0 Å². The van der Waals surface area contributed by atoms with Gasteiger partial charge in [-0.1, -0.05) is 13.8 Å². The smallest absolute Gasteiger partial charge is 0.129 e. The van der Waals surface area contributed by atoms with Gasteiger partial charge < -0.3 is 18.9 Å². The van der Waals surface area contributed by atoms with Crippen LogP contribution in [0.5, 0.6) is 0 Å². The Morgan fingerprint density at radius 1 is 1.25 bits per heavy atom. The van der Waals surface area contributed by atoms with Crippen LogP contribution in [0.15, 0.2) is 33.3 Å². The molecule has 110 valence electrons. The first-order chi connectivity index (χ1) is 9.65. The first kappa shape index (κ1) is 14.9. The molecule has 0 aliphatic heterocycles. The highest BCUT2D eigenvalue weighted by Crippen LogP contribution is 2.16. The highest BCUT2D eigenvalue weighted by Gasteiger charge is 2.08. The first-order valence-electron chi connectivity index (χ1n) is 7.04. The molecule has 0 fully saturated rings. The molecule has 0 aliphatic rings. The summed E-state index contributed by atoms with van der Waals surface area (Å²) in [6.07, 6.45) is 1.65. The van der Waals surface area contributed by atoms with Crippen LogP contribution in [0, 0.1) is 12.8 Å². The van der Waals surface area contributed by atoms with E-state index in [2.05, 4.69) is 25.2 Å². The van der Waals surface area contributed by atoms with Gasteiger partial charge in [-0.15, -0.1) is 0 Å². The number of furan rings is 2. The van der Waals surface area contributed by atoms with E-state index in [9.17, 15) is 0 Å². The third-order valence-electron chi connectivity index (χ3n) is 3.01. The zero-order valence-electron chi connectivity index (χ0n) is 12.4. The van der Waals surface area contributed by atoms with Crippen molar-refractivity contribution in [2.75, 3.05) is 6.54 Å². The minimum absolute atomic E-state index is 0.485. The lowest BCUT2D eigenvalue weighted by molar-refractivity contribution is 0.0921. The summed E-state index contributed by atoms with van der Waals surface area (Å²) in [4.78, 5) is 0. The summed E-state index contributed by atoms with van der Waals surface area (Å²) in [5, 5.41) is 3.37. The molecule has 0 spiro atoms. The van der Waals surface area contributed by atoms with E-state index >= 15 is 0 Å². The minimum Gasteiger partial charge on any atom is -0.467 e. The predicted molar refractivity (Wildman–Crippen MR) is 77.2 cm³/mol. The van der Waals surface area contributed by atoms with Gasteiger partial charge in [0.15, 0.2) is 0 Å². The van der Waals surface area contributed by atoms with Gasteiger partial charge in [-0.2, -0.15) is 0 Å². The summed E-state index contributed by atoms with van der Waals surface area (Å²) in [5.74, 6) is 3.36. The summed E-state index contributed by atoms with van der Waals surface area (Å²) < 4.78 is 16.6. The van der Waals surface area contributed by atoms with Crippen molar-refractivity contribution in [1.29, 1.82) is 0 Å². The van der Waals surface area contributed by atoms with Crippen molar-refractivity contribution in [1.82, 2.24) is 5.32 Å². The molecule has 0 aromatic carbocycles. The van der Waals surface area contributed by atoms with Gasteiger partial charge in [-0.05, 0) is 37.6 Å². The predicted octanol–water partition coefficient (Wildman–Crippen LogP) is 3.64. The van der Waals surface area contributed by atoms with Crippen molar-refractivity contribution in [3.8, 4) is 0 Å². The lowest BCUT2D eigenvalue weighted by atomic mass is 10.2. The Morgan fingerprint density at radius 3 is 2.80 bits per heavy atom. The van der Waals surface area contributed by atoms with E-state index in [0.29, 0.717) is 19.1 Å². The Kier molecular flexibility index (Phi) is 5.44. The summed E-state index contributed by atoms with van der Waals surface area (Å²) in [6.45, 7) is 9.13. The van der Waals surface area contributed by atoms with Crippen molar-refractivity contribution in [2.24, 2.45) is 5.92 Å². The number of rotatable bonds is 8. The average Bonchev–Trinajstić information content (AvgIpc) is 3.00. The van der Waals surface area contributed by atoms with Crippen LogP contribution in [0.2, 0.25) is 0 Å². The molecule has 0 saturated carbocycles. The van der Waals surface area contributed by atoms with Gasteiger partial charge in [-0.3, -0.25) is 0 Å². The van der Waals surface area contributed by atoms with Gasteiger partial charge in [0.25, 0.3) is 0 Å². The molecule has 2 aromatic rings. The largest absolute Gasteiger partial charge is 0.467 e. The van der Waals surface area contributed by atoms with E-state index in [1.54, 1.807) is 6.26 Å². The van der Waals surface area contributed by atoms with Gasteiger partial charge in [-0.25, -0.2) is 0 Å². The molecular weight excluding hydrogens is 254 g/mol. The lowest BCUT2D eigenvalue weighted by Crippen LogP contribution is -2.18. The number of nitrogens with one attached hydrogen (secondary N) is 1. The molecule has 4 nitrogen and oxygen atoms in total. The van der Waals surface area contributed by atoms with Gasteiger partial charge in [0.2, 0.25) is 0 Å². The van der Waals surface area contributed by atoms with Gasteiger partial charge in [0.1, 0.15) is 23.9 Å². The van der Waals surface area contributed by atoms with Crippen molar-refractivity contribution in [3.05, 3.63) is 47.3 Å². The summed E-state index contributed by atoms with van der Waals surface area (Å²) >= 11 is 0. The molecule has 0 atom stereocenters. The molecule has 0 saturated heterocycles. The van der Waals surface area contributed by atoms with Crippen LogP contribution < -0.4 is 5.32 Å². The maximum Gasteiger partial charge on any atom is 0.129 e. The van der Waals surface area contributed by atoms with Crippen molar-refractivity contribution < 1.29 is 13.6 Å². The second-order valence-corrected chi connectivity index (χ2v) is 5.39. The zero-order valence-corrected chi connectivity index (χ0v) is 12.4. The minimum atomic E-state index is 0.485. The number of hydrogen-bond donors (Lipinski definition) is 1. The standard InChI is InChI=1S/C16H23NO3/c1-12(2)8-17-9-16-7-14(13(3)20-16)10-18-11-15-5-4-6-19-15/h4-7,12,17H,8-11H2,1-3H3. The summed E-state index contributed by atoms with van der Waals surface area (Å²) in [6, 6.07) is 5.83. The van der Waals surface area contributed by atoms with Gasteiger partial charge in [0.05, 0.1) is 19.4 Å². The highest BCUT2D eigenvalue weighted by molar-refractivity contribution is 5.20. The van der Waals surface area contributed by atoms with E-state index in [1.807, 2.05) is 19.1 Å². The second kappa shape index (κ2) is 7.31. The fourth-order valence-electron chi connectivity index (χ4n) is 1.96. The van der Waals surface area contributed by atoms with E-state index in [0.717, 1.165) is 35.9 Å². The molecule has 0 unspecified atom stereocenters. The Morgan fingerprint density at radius 2 is 2.10 bits per heavy atom.